The van der Waals surface area contributed by atoms with E-state index in [9.17, 15) is 12.8 Å². The highest BCUT2D eigenvalue weighted by Gasteiger charge is 2.24. The lowest BCUT2D eigenvalue weighted by Gasteiger charge is -2.27. The molecule has 21 heavy (non-hydrogen) atoms. The number of hydrogen-bond acceptors (Lipinski definition) is 2. The third kappa shape index (κ3) is 4.50. The van der Waals surface area contributed by atoms with Gasteiger partial charge < -0.3 is 0 Å². The van der Waals surface area contributed by atoms with Crippen LogP contribution in [0.4, 0.5) is 4.39 Å². The molecule has 0 amide bonds. The van der Waals surface area contributed by atoms with Crippen LogP contribution in [-0.2, 0) is 10.0 Å². The minimum absolute atomic E-state index is 0.284. The van der Waals surface area contributed by atoms with Gasteiger partial charge in [0.15, 0.2) is 0 Å². The van der Waals surface area contributed by atoms with Gasteiger partial charge in [0.2, 0.25) is 10.0 Å². The third-order valence-electron chi connectivity index (χ3n) is 4.29. The molecule has 1 saturated carbocycles. The van der Waals surface area contributed by atoms with Crippen molar-refractivity contribution in [1.29, 1.82) is 0 Å². The van der Waals surface area contributed by atoms with Crippen molar-refractivity contribution in [3.05, 3.63) is 28.5 Å². The molecular weight excluding hydrogens is 357 g/mol. The predicted octanol–water partition coefficient (Wildman–Crippen LogP) is 4.08. The number of nitrogens with one attached hydrogen (secondary N) is 1. The van der Waals surface area contributed by atoms with Crippen molar-refractivity contribution in [2.75, 3.05) is 6.54 Å². The van der Waals surface area contributed by atoms with Gasteiger partial charge in [-0.2, -0.15) is 0 Å². The van der Waals surface area contributed by atoms with Crippen molar-refractivity contribution in [3.63, 3.8) is 0 Å². The molecule has 1 fully saturated rings. The molecule has 0 unspecified atom stereocenters. The predicted molar refractivity (Wildman–Crippen MR) is 85.0 cm³/mol. The minimum atomic E-state index is -3.77. The molecule has 1 N–H and O–H groups in total. The minimum Gasteiger partial charge on any atom is -0.211 e. The van der Waals surface area contributed by atoms with E-state index in [1.54, 1.807) is 0 Å². The molecule has 2 rings (SSSR count). The quantitative estimate of drug-likeness (QED) is 0.839. The maximum Gasteiger partial charge on any atom is 0.243 e. The Balaban J connectivity index is 1.96. The van der Waals surface area contributed by atoms with Gasteiger partial charge in [0.05, 0.1) is 0 Å². The van der Waals surface area contributed by atoms with E-state index in [-0.39, 0.29) is 4.90 Å². The fraction of sp³-hybridized carbons (Fsp3) is 0.600. The first-order chi connectivity index (χ1) is 9.92. The Hall–Kier alpha value is -0.460. The van der Waals surface area contributed by atoms with Crippen LogP contribution in [0.1, 0.15) is 39.0 Å². The van der Waals surface area contributed by atoms with Crippen LogP contribution in [0.5, 0.6) is 0 Å². The van der Waals surface area contributed by atoms with Gasteiger partial charge in [-0.1, -0.05) is 42.1 Å². The first kappa shape index (κ1) is 16.9. The summed E-state index contributed by atoms with van der Waals surface area (Å²) < 4.78 is 41.2. The third-order valence-corrected chi connectivity index (χ3v) is 6.24. The van der Waals surface area contributed by atoms with Crippen LogP contribution in [0, 0.1) is 17.7 Å². The highest BCUT2D eigenvalue weighted by Crippen LogP contribution is 2.30. The van der Waals surface area contributed by atoms with Crippen molar-refractivity contribution in [1.82, 2.24) is 4.72 Å². The summed E-state index contributed by atoms with van der Waals surface area (Å²) >= 11 is 3.12. The summed E-state index contributed by atoms with van der Waals surface area (Å²) in [5.74, 6) is 0.412. The molecule has 1 aromatic rings. The Morgan fingerprint density at radius 3 is 2.43 bits per heavy atom. The van der Waals surface area contributed by atoms with E-state index in [4.69, 9.17) is 0 Å². The highest BCUT2D eigenvalue weighted by molar-refractivity contribution is 9.10. The van der Waals surface area contributed by atoms with E-state index in [0.717, 1.165) is 31.6 Å². The summed E-state index contributed by atoms with van der Waals surface area (Å²) in [4.78, 5) is -0.284. The van der Waals surface area contributed by atoms with Crippen molar-refractivity contribution >= 4 is 26.0 Å². The summed E-state index contributed by atoms with van der Waals surface area (Å²) in [6.07, 6.45) is 5.61. The standard InChI is InChI=1S/C15H21BrFNO2S/c1-2-11-3-5-12(6-4-11)10-18-21(19,20)15-8-7-13(16)9-14(15)17/h7-9,11-12,18H,2-6,10H2,1H3. The van der Waals surface area contributed by atoms with E-state index >= 15 is 0 Å². The Kier molecular flexibility index (Phi) is 5.80. The molecule has 0 atom stereocenters. The fourth-order valence-corrected chi connectivity index (χ4v) is 4.35. The number of hydrogen-bond donors (Lipinski definition) is 1. The molecule has 0 heterocycles. The average Bonchev–Trinajstić information content (AvgIpc) is 2.45. The SMILES string of the molecule is CCC1CCC(CNS(=O)(=O)c2ccc(Br)cc2F)CC1. The Morgan fingerprint density at radius 2 is 1.86 bits per heavy atom. The zero-order chi connectivity index (χ0) is 15.5. The second-order valence-corrected chi connectivity index (χ2v) is 8.37. The van der Waals surface area contributed by atoms with Gasteiger partial charge in [-0.3, -0.25) is 0 Å². The second-order valence-electron chi connectivity index (χ2n) is 5.72. The molecule has 0 aromatic heterocycles. The normalized spacial score (nSPS) is 23.2. The number of halogens is 2. The molecule has 0 saturated heterocycles. The van der Waals surface area contributed by atoms with Gasteiger partial charge >= 0.3 is 0 Å². The molecule has 0 radical (unpaired) electrons. The molecular formula is C15H21BrFNO2S. The Bertz CT molecular complexity index is 583. The highest BCUT2D eigenvalue weighted by atomic mass is 79.9. The van der Waals surface area contributed by atoms with Crippen molar-refractivity contribution in [3.8, 4) is 0 Å². The zero-order valence-electron chi connectivity index (χ0n) is 12.1. The lowest BCUT2D eigenvalue weighted by molar-refractivity contribution is 0.270. The molecule has 1 aliphatic rings. The van der Waals surface area contributed by atoms with E-state index in [2.05, 4.69) is 27.6 Å². The van der Waals surface area contributed by atoms with Crippen molar-refractivity contribution < 1.29 is 12.8 Å². The smallest absolute Gasteiger partial charge is 0.211 e. The number of rotatable bonds is 5. The summed E-state index contributed by atoms with van der Waals surface area (Å²) in [5, 5.41) is 0. The summed E-state index contributed by atoms with van der Waals surface area (Å²) in [6, 6.07) is 3.99. The van der Waals surface area contributed by atoms with Gasteiger partial charge in [-0.05, 0) is 42.9 Å². The fourth-order valence-electron chi connectivity index (χ4n) is 2.84. The zero-order valence-corrected chi connectivity index (χ0v) is 14.5. The van der Waals surface area contributed by atoms with Crippen LogP contribution >= 0.6 is 15.9 Å². The molecule has 0 bridgehead atoms. The van der Waals surface area contributed by atoms with Crippen molar-refractivity contribution in [2.24, 2.45) is 11.8 Å². The molecule has 0 spiro atoms. The van der Waals surface area contributed by atoms with Gasteiger partial charge in [-0.15, -0.1) is 0 Å². The largest absolute Gasteiger partial charge is 0.243 e. The average molecular weight is 378 g/mol. The summed E-state index contributed by atoms with van der Waals surface area (Å²) in [6.45, 7) is 2.60. The molecule has 3 nitrogen and oxygen atoms in total. The van der Waals surface area contributed by atoms with Crippen molar-refractivity contribution in [2.45, 2.75) is 43.9 Å². The van der Waals surface area contributed by atoms with E-state index in [1.165, 1.54) is 24.6 Å². The van der Waals surface area contributed by atoms with Crippen LogP contribution in [0.2, 0.25) is 0 Å². The maximum atomic E-state index is 13.8. The number of sulfonamides is 1. The Morgan fingerprint density at radius 1 is 1.24 bits per heavy atom. The maximum absolute atomic E-state index is 13.8. The van der Waals surface area contributed by atoms with Gasteiger partial charge in [0.25, 0.3) is 0 Å². The first-order valence-electron chi connectivity index (χ1n) is 7.37. The second kappa shape index (κ2) is 7.20. The van der Waals surface area contributed by atoms with Gasteiger partial charge in [0, 0.05) is 11.0 Å². The molecule has 6 heteroatoms. The van der Waals surface area contributed by atoms with E-state index in [0.29, 0.717) is 16.9 Å². The van der Waals surface area contributed by atoms with Gasteiger partial charge in [0.1, 0.15) is 10.7 Å². The topological polar surface area (TPSA) is 46.2 Å². The lowest BCUT2D eigenvalue weighted by atomic mass is 9.81. The van der Waals surface area contributed by atoms with Crippen LogP contribution in [-0.4, -0.2) is 15.0 Å². The van der Waals surface area contributed by atoms with E-state index < -0.39 is 15.8 Å². The van der Waals surface area contributed by atoms with Crippen LogP contribution in [0.3, 0.4) is 0 Å². The molecule has 0 aliphatic heterocycles. The number of benzene rings is 1. The van der Waals surface area contributed by atoms with Gasteiger partial charge in [-0.25, -0.2) is 17.5 Å². The lowest BCUT2D eigenvalue weighted by Crippen LogP contribution is -2.31. The Labute approximate surface area is 134 Å². The monoisotopic (exact) mass is 377 g/mol. The molecule has 1 aliphatic carbocycles. The summed E-state index contributed by atoms with van der Waals surface area (Å²) in [7, 11) is -3.77. The molecule has 118 valence electrons. The van der Waals surface area contributed by atoms with Crippen LogP contribution < -0.4 is 4.72 Å². The summed E-state index contributed by atoms with van der Waals surface area (Å²) in [5.41, 5.74) is 0. The van der Waals surface area contributed by atoms with Crippen LogP contribution in [0.25, 0.3) is 0 Å². The van der Waals surface area contributed by atoms with E-state index in [1.807, 2.05) is 0 Å². The first-order valence-corrected chi connectivity index (χ1v) is 9.64. The van der Waals surface area contributed by atoms with Crippen LogP contribution in [0.15, 0.2) is 27.6 Å². The molecule has 1 aromatic carbocycles.